The van der Waals surface area contributed by atoms with Gasteiger partial charge in [-0.15, -0.1) is 0 Å². The van der Waals surface area contributed by atoms with Gasteiger partial charge in [0.05, 0.1) is 0 Å². The summed E-state index contributed by atoms with van der Waals surface area (Å²) in [5, 5.41) is 12.8. The first-order chi connectivity index (χ1) is 10.1. The molecule has 5 heteroatoms. The van der Waals surface area contributed by atoms with Gasteiger partial charge in [-0.05, 0) is 48.4 Å². The van der Waals surface area contributed by atoms with Crippen molar-refractivity contribution in [3.8, 4) is 5.75 Å². The topological polar surface area (TPSA) is 52.6 Å². The molecule has 0 radical (unpaired) electrons. The molecule has 21 heavy (non-hydrogen) atoms. The molecule has 2 aromatic carbocycles. The van der Waals surface area contributed by atoms with Gasteiger partial charge in [0.2, 0.25) is 0 Å². The summed E-state index contributed by atoms with van der Waals surface area (Å²) in [7, 11) is 1.68. The zero-order chi connectivity index (χ0) is 15.2. The van der Waals surface area contributed by atoms with Crippen LogP contribution in [0.1, 0.15) is 5.56 Å². The second-order valence-electron chi connectivity index (χ2n) is 4.69. The summed E-state index contributed by atoms with van der Waals surface area (Å²) < 4.78 is 0. The van der Waals surface area contributed by atoms with Crippen LogP contribution in [0, 0.1) is 0 Å². The van der Waals surface area contributed by atoms with Gasteiger partial charge in [-0.1, -0.05) is 23.7 Å². The molecule has 0 spiro atoms. The Kier molecular flexibility index (Phi) is 5.06. The summed E-state index contributed by atoms with van der Waals surface area (Å²) >= 11 is 5.91. The number of nitrogens with zero attached hydrogens (tertiary/aromatic N) is 1. The van der Waals surface area contributed by atoms with E-state index >= 15 is 0 Å². The van der Waals surface area contributed by atoms with Crippen LogP contribution in [0.25, 0.3) is 0 Å². The molecule has 2 rings (SSSR count). The number of amides is 2. The third-order valence-electron chi connectivity index (χ3n) is 3.12. The molecule has 0 heterocycles. The van der Waals surface area contributed by atoms with Crippen LogP contribution in [0.15, 0.2) is 48.5 Å². The minimum absolute atomic E-state index is 0.175. The number of hydrogen-bond donors (Lipinski definition) is 2. The van der Waals surface area contributed by atoms with Gasteiger partial charge in [0.25, 0.3) is 0 Å². The van der Waals surface area contributed by atoms with E-state index in [1.54, 1.807) is 31.3 Å². The molecule has 0 saturated carbocycles. The summed E-state index contributed by atoms with van der Waals surface area (Å²) in [6.07, 6.45) is 0.718. The van der Waals surface area contributed by atoms with E-state index in [1.807, 2.05) is 24.3 Å². The zero-order valence-corrected chi connectivity index (χ0v) is 12.5. The van der Waals surface area contributed by atoms with Crippen molar-refractivity contribution in [3.05, 3.63) is 59.1 Å². The Bertz CT molecular complexity index is 614. The Labute approximate surface area is 129 Å². The van der Waals surface area contributed by atoms with Gasteiger partial charge in [-0.25, -0.2) is 4.79 Å². The first-order valence-electron chi connectivity index (χ1n) is 6.61. The maximum Gasteiger partial charge on any atom is 0.321 e. The molecule has 0 saturated heterocycles. The molecule has 0 aliphatic rings. The second kappa shape index (κ2) is 6.99. The largest absolute Gasteiger partial charge is 0.508 e. The van der Waals surface area contributed by atoms with Crippen molar-refractivity contribution < 1.29 is 9.90 Å². The van der Waals surface area contributed by atoms with E-state index in [9.17, 15) is 9.90 Å². The van der Waals surface area contributed by atoms with Gasteiger partial charge >= 0.3 is 6.03 Å². The lowest BCUT2D eigenvalue weighted by atomic mass is 10.1. The fourth-order valence-electron chi connectivity index (χ4n) is 1.92. The molecule has 0 unspecified atom stereocenters. The quantitative estimate of drug-likeness (QED) is 0.909. The minimum atomic E-state index is -0.192. The lowest BCUT2D eigenvalue weighted by Gasteiger charge is -2.18. The minimum Gasteiger partial charge on any atom is -0.508 e. The fraction of sp³-hybridized carbons (Fsp3) is 0.188. The average Bonchev–Trinajstić information content (AvgIpc) is 2.47. The number of nitrogens with one attached hydrogen (secondary N) is 1. The van der Waals surface area contributed by atoms with E-state index in [2.05, 4.69) is 5.32 Å². The summed E-state index contributed by atoms with van der Waals surface area (Å²) in [5.41, 5.74) is 1.79. The molecule has 0 atom stereocenters. The van der Waals surface area contributed by atoms with Gasteiger partial charge in [0.15, 0.2) is 0 Å². The number of phenols is 1. The van der Waals surface area contributed by atoms with Crippen LogP contribution in [0.4, 0.5) is 10.5 Å². The predicted molar refractivity (Wildman–Crippen MR) is 85.1 cm³/mol. The number of hydrogen-bond acceptors (Lipinski definition) is 2. The maximum absolute atomic E-state index is 12.0. The third kappa shape index (κ3) is 4.39. The Morgan fingerprint density at radius 3 is 2.62 bits per heavy atom. The summed E-state index contributed by atoms with van der Waals surface area (Å²) in [5.74, 6) is 0.175. The number of halogens is 1. The second-order valence-corrected chi connectivity index (χ2v) is 5.12. The Hall–Kier alpha value is -2.20. The van der Waals surface area contributed by atoms with E-state index in [1.165, 1.54) is 4.90 Å². The van der Waals surface area contributed by atoms with Crippen LogP contribution in [0.2, 0.25) is 5.02 Å². The van der Waals surface area contributed by atoms with Gasteiger partial charge in [-0.2, -0.15) is 0 Å². The lowest BCUT2D eigenvalue weighted by molar-refractivity contribution is 0.247. The number of carbonyl (C=O) groups excluding carboxylic acids is 1. The number of aromatic hydroxyl groups is 1. The smallest absolute Gasteiger partial charge is 0.321 e. The van der Waals surface area contributed by atoms with Crippen molar-refractivity contribution in [2.24, 2.45) is 0 Å². The van der Waals surface area contributed by atoms with Gasteiger partial charge in [0, 0.05) is 24.3 Å². The van der Waals surface area contributed by atoms with Gasteiger partial charge in [-0.3, -0.25) is 4.90 Å². The summed E-state index contributed by atoms with van der Waals surface area (Å²) in [6.45, 7) is 0.529. The molecule has 0 bridgehead atoms. The molecule has 110 valence electrons. The molecular formula is C16H17ClN2O2. The summed E-state index contributed by atoms with van der Waals surface area (Å²) in [4.78, 5) is 13.5. The molecule has 0 fully saturated rings. The number of phenolic OH excluding ortho intramolecular Hbond substituents is 1. The van der Waals surface area contributed by atoms with E-state index in [0.717, 1.165) is 12.0 Å². The van der Waals surface area contributed by atoms with Crippen molar-refractivity contribution in [2.45, 2.75) is 6.42 Å². The molecule has 2 aromatic rings. The van der Waals surface area contributed by atoms with Crippen LogP contribution in [-0.2, 0) is 6.42 Å². The molecule has 2 amide bonds. The van der Waals surface area contributed by atoms with Crippen LogP contribution in [-0.4, -0.2) is 24.7 Å². The molecule has 2 N–H and O–H groups in total. The first-order valence-corrected chi connectivity index (χ1v) is 6.99. The number of carbonyl (C=O) groups is 1. The number of anilines is 1. The van der Waals surface area contributed by atoms with E-state index < -0.39 is 0 Å². The Morgan fingerprint density at radius 2 is 1.95 bits per heavy atom. The van der Waals surface area contributed by atoms with E-state index in [-0.39, 0.29) is 11.8 Å². The average molecular weight is 305 g/mol. The number of rotatable bonds is 4. The van der Waals surface area contributed by atoms with E-state index in [4.69, 9.17) is 11.6 Å². The standard InChI is InChI=1S/C16H17ClN2O2/c1-19(14-5-7-15(20)8-6-14)16(21)18-10-9-12-3-2-4-13(17)11-12/h2-8,11,20H,9-10H2,1H3,(H,18,21). The Balaban J connectivity index is 1.85. The van der Waals surface area contributed by atoms with Gasteiger partial charge in [0.1, 0.15) is 5.75 Å². The highest BCUT2D eigenvalue weighted by Gasteiger charge is 2.09. The van der Waals surface area contributed by atoms with Crippen LogP contribution in [0.5, 0.6) is 5.75 Å². The van der Waals surface area contributed by atoms with Crippen molar-refractivity contribution in [3.63, 3.8) is 0 Å². The van der Waals surface area contributed by atoms with Crippen LogP contribution >= 0.6 is 11.6 Å². The van der Waals surface area contributed by atoms with Crippen LogP contribution in [0.3, 0.4) is 0 Å². The van der Waals surface area contributed by atoms with Crippen molar-refractivity contribution in [2.75, 3.05) is 18.5 Å². The SMILES string of the molecule is CN(C(=O)NCCc1cccc(Cl)c1)c1ccc(O)cc1. The number of urea groups is 1. The predicted octanol–water partition coefficient (Wildman–Crippen LogP) is 3.43. The fourth-order valence-corrected chi connectivity index (χ4v) is 2.13. The van der Waals surface area contributed by atoms with Crippen LogP contribution < -0.4 is 10.2 Å². The molecular weight excluding hydrogens is 288 g/mol. The molecule has 4 nitrogen and oxygen atoms in total. The number of benzene rings is 2. The monoisotopic (exact) mass is 304 g/mol. The molecule has 0 aliphatic heterocycles. The normalized spacial score (nSPS) is 10.2. The highest BCUT2D eigenvalue weighted by atomic mass is 35.5. The highest BCUT2D eigenvalue weighted by molar-refractivity contribution is 6.30. The van der Waals surface area contributed by atoms with E-state index in [0.29, 0.717) is 17.3 Å². The maximum atomic E-state index is 12.0. The molecule has 0 aromatic heterocycles. The third-order valence-corrected chi connectivity index (χ3v) is 3.36. The van der Waals surface area contributed by atoms with Gasteiger partial charge < -0.3 is 10.4 Å². The summed E-state index contributed by atoms with van der Waals surface area (Å²) in [6, 6.07) is 13.8. The van der Waals surface area contributed by atoms with Crippen molar-refractivity contribution in [1.29, 1.82) is 0 Å². The van der Waals surface area contributed by atoms with Crippen molar-refractivity contribution in [1.82, 2.24) is 5.32 Å². The molecule has 0 aliphatic carbocycles. The lowest BCUT2D eigenvalue weighted by Crippen LogP contribution is -2.38. The highest BCUT2D eigenvalue weighted by Crippen LogP contribution is 2.17. The first kappa shape index (κ1) is 15.2. The zero-order valence-electron chi connectivity index (χ0n) is 11.7. The van der Waals surface area contributed by atoms with Crippen molar-refractivity contribution >= 4 is 23.3 Å². The Morgan fingerprint density at radius 1 is 1.24 bits per heavy atom.